The minimum Gasteiger partial charge on any atom is -0.495 e. The Hall–Kier alpha value is -2.25. The van der Waals surface area contributed by atoms with Gasteiger partial charge in [0.25, 0.3) is 0 Å². The van der Waals surface area contributed by atoms with Crippen LogP contribution in [0.4, 0.5) is 0 Å². The molecule has 0 saturated heterocycles. The minimum absolute atomic E-state index is 0.403. The highest BCUT2D eigenvalue weighted by molar-refractivity contribution is 5.59. The molecule has 1 N–H and O–H groups in total. The number of aliphatic hydroxyl groups excluding tert-OH is 1. The van der Waals surface area contributed by atoms with E-state index in [0.29, 0.717) is 11.3 Å². The number of nitriles is 1. The molecular formula is C16H16N2O2. The molecule has 102 valence electrons. The monoisotopic (exact) mass is 268 g/mol. The van der Waals surface area contributed by atoms with E-state index in [1.165, 1.54) is 0 Å². The molecule has 0 amide bonds. The first-order valence-electron chi connectivity index (χ1n) is 6.72. The molecule has 4 heteroatoms. The lowest BCUT2D eigenvalue weighted by Gasteiger charge is -2.21. The molecular weight excluding hydrogens is 252 g/mol. The molecule has 0 fully saturated rings. The molecule has 1 aliphatic rings. The van der Waals surface area contributed by atoms with Gasteiger partial charge in [-0.2, -0.15) is 5.26 Å². The Bertz CT molecular complexity index is 682. The van der Waals surface area contributed by atoms with Crippen LogP contribution in [-0.4, -0.2) is 16.8 Å². The standard InChI is InChI=1S/C16H16N2O2/c1-20-15-7-2-4-11(10-17)16(15)18-9-8-12-13(18)5-3-6-14(12)19/h2,4,7-9,14,19H,3,5-6H2,1H3. The van der Waals surface area contributed by atoms with E-state index < -0.39 is 6.10 Å². The fraction of sp³-hybridized carbons (Fsp3) is 0.312. The van der Waals surface area contributed by atoms with E-state index in [2.05, 4.69) is 6.07 Å². The van der Waals surface area contributed by atoms with Crippen LogP contribution in [0, 0.1) is 11.3 Å². The van der Waals surface area contributed by atoms with E-state index in [-0.39, 0.29) is 0 Å². The van der Waals surface area contributed by atoms with Crippen molar-refractivity contribution < 1.29 is 9.84 Å². The van der Waals surface area contributed by atoms with E-state index in [9.17, 15) is 10.4 Å². The number of methoxy groups -OCH3 is 1. The lowest BCUT2D eigenvalue weighted by molar-refractivity contribution is 0.156. The van der Waals surface area contributed by atoms with Gasteiger partial charge in [0.1, 0.15) is 17.5 Å². The molecule has 20 heavy (non-hydrogen) atoms. The van der Waals surface area contributed by atoms with Gasteiger partial charge in [0.15, 0.2) is 0 Å². The number of aliphatic hydroxyl groups is 1. The summed E-state index contributed by atoms with van der Waals surface area (Å²) in [5.74, 6) is 0.669. The lowest BCUT2D eigenvalue weighted by Crippen LogP contribution is -2.12. The molecule has 1 atom stereocenters. The molecule has 3 rings (SSSR count). The van der Waals surface area contributed by atoms with Crippen LogP contribution in [0.15, 0.2) is 30.5 Å². The minimum atomic E-state index is -0.403. The van der Waals surface area contributed by atoms with Crippen molar-refractivity contribution in [3.05, 3.63) is 47.3 Å². The molecule has 1 aromatic heterocycles. The molecule has 0 bridgehead atoms. The number of para-hydroxylation sites is 1. The van der Waals surface area contributed by atoms with Crippen molar-refractivity contribution in [2.24, 2.45) is 0 Å². The van der Waals surface area contributed by atoms with Gasteiger partial charge in [-0.05, 0) is 37.5 Å². The van der Waals surface area contributed by atoms with Gasteiger partial charge in [0.2, 0.25) is 0 Å². The van der Waals surface area contributed by atoms with Crippen LogP contribution in [0.2, 0.25) is 0 Å². The van der Waals surface area contributed by atoms with Crippen LogP contribution < -0.4 is 4.74 Å². The van der Waals surface area contributed by atoms with Crippen LogP contribution in [-0.2, 0) is 6.42 Å². The average molecular weight is 268 g/mol. The van der Waals surface area contributed by atoms with E-state index >= 15 is 0 Å². The summed E-state index contributed by atoms with van der Waals surface area (Å²) in [6.45, 7) is 0. The average Bonchev–Trinajstić information content (AvgIpc) is 2.91. The molecule has 1 aromatic carbocycles. The van der Waals surface area contributed by atoms with Crippen molar-refractivity contribution in [3.8, 4) is 17.5 Å². The highest BCUT2D eigenvalue weighted by Crippen LogP contribution is 2.35. The van der Waals surface area contributed by atoms with Crippen molar-refractivity contribution >= 4 is 0 Å². The number of rotatable bonds is 2. The SMILES string of the molecule is COc1cccc(C#N)c1-n1ccc2c1CCCC2O. The number of hydrogen-bond donors (Lipinski definition) is 1. The summed E-state index contributed by atoms with van der Waals surface area (Å²) in [6.07, 6.45) is 4.17. The summed E-state index contributed by atoms with van der Waals surface area (Å²) in [6, 6.07) is 9.59. The quantitative estimate of drug-likeness (QED) is 0.911. The van der Waals surface area contributed by atoms with Crippen molar-refractivity contribution in [3.63, 3.8) is 0 Å². The predicted octanol–water partition coefficient (Wildman–Crippen LogP) is 2.73. The zero-order valence-electron chi connectivity index (χ0n) is 11.3. The molecule has 0 aliphatic heterocycles. The molecule has 1 unspecified atom stereocenters. The first-order chi connectivity index (χ1) is 9.76. The highest BCUT2D eigenvalue weighted by atomic mass is 16.5. The van der Waals surface area contributed by atoms with Crippen LogP contribution in [0.1, 0.15) is 35.8 Å². The van der Waals surface area contributed by atoms with Gasteiger partial charge in [-0.25, -0.2) is 0 Å². The van der Waals surface area contributed by atoms with Gasteiger partial charge >= 0.3 is 0 Å². The zero-order valence-corrected chi connectivity index (χ0v) is 11.3. The Morgan fingerprint density at radius 2 is 2.25 bits per heavy atom. The Morgan fingerprint density at radius 3 is 3.00 bits per heavy atom. The highest BCUT2D eigenvalue weighted by Gasteiger charge is 2.23. The maximum atomic E-state index is 10.1. The summed E-state index contributed by atoms with van der Waals surface area (Å²) in [5.41, 5.74) is 3.37. The number of nitrogens with zero attached hydrogens (tertiary/aromatic N) is 2. The fourth-order valence-electron chi connectivity index (χ4n) is 2.90. The van der Waals surface area contributed by atoms with Crippen LogP contribution in [0.5, 0.6) is 5.75 Å². The third-order valence-corrected chi connectivity index (χ3v) is 3.86. The van der Waals surface area contributed by atoms with Crippen molar-refractivity contribution in [1.82, 2.24) is 4.57 Å². The maximum Gasteiger partial charge on any atom is 0.144 e. The number of fused-ring (bicyclic) bond motifs is 1. The third-order valence-electron chi connectivity index (χ3n) is 3.86. The Kier molecular flexibility index (Phi) is 3.21. The topological polar surface area (TPSA) is 58.2 Å². The normalized spacial score (nSPS) is 17.4. The predicted molar refractivity (Wildman–Crippen MR) is 74.9 cm³/mol. The van der Waals surface area contributed by atoms with Gasteiger partial charge in [0, 0.05) is 17.5 Å². The van der Waals surface area contributed by atoms with Gasteiger partial charge in [-0.1, -0.05) is 6.07 Å². The van der Waals surface area contributed by atoms with Crippen molar-refractivity contribution in [1.29, 1.82) is 5.26 Å². The fourth-order valence-corrected chi connectivity index (χ4v) is 2.90. The van der Waals surface area contributed by atoms with E-state index in [1.807, 2.05) is 29.0 Å². The van der Waals surface area contributed by atoms with Crippen LogP contribution in [0.25, 0.3) is 5.69 Å². The first kappa shape index (κ1) is 12.8. The van der Waals surface area contributed by atoms with Gasteiger partial charge < -0.3 is 14.4 Å². The summed E-state index contributed by atoms with van der Waals surface area (Å²) in [4.78, 5) is 0. The second-order valence-electron chi connectivity index (χ2n) is 4.96. The summed E-state index contributed by atoms with van der Waals surface area (Å²) in [5, 5.41) is 19.4. The van der Waals surface area contributed by atoms with Crippen LogP contribution >= 0.6 is 0 Å². The number of ether oxygens (including phenoxy) is 1. The molecule has 1 aliphatic carbocycles. The molecule has 2 aromatic rings. The number of benzene rings is 1. The number of aromatic nitrogens is 1. The van der Waals surface area contributed by atoms with Gasteiger partial charge in [0.05, 0.1) is 18.8 Å². The molecule has 0 saturated carbocycles. The van der Waals surface area contributed by atoms with Gasteiger partial charge in [-0.3, -0.25) is 0 Å². The van der Waals surface area contributed by atoms with Crippen LogP contribution in [0.3, 0.4) is 0 Å². The number of hydrogen-bond acceptors (Lipinski definition) is 3. The second kappa shape index (κ2) is 5.03. The first-order valence-corrected chi connectivity index (χ1v) is 6.72. The van der Waals surface area contributed by atoms with Crippen molar-refractivity contribution in [2.75, 3.05) is 7.11 Å². The lowest BCUT2D eigenvalue weighted by atomic mass is 9.95. The molecule has 1 heterocycles. The van der Waals surface area contributed by atoms with E-state index in [1.54, 1.807) is 13.2 Å². The Labute approximate surface area is 117 Å². The van der Waals surface area contributed by atoms with E-state index in [0.717, 1.165) is 36.2 Å². The second-order valence-corrected chi connectivity index (χ2v) is 4.96. The molecule has 0 spiro atoms. The largest absolute Gasteiger partial charge is 0.495 e. The maximum absolute atomic E-state index is 10.1. The van der Waals surface area contributed by atoms with E-state index in [4.69, 9.17) is 4.74 Å². The smallest absolute Gasteiger partial charge is 0.144 e. The summed E-state index contributed by atoms with van der Waals surface area (Å²) in [7, 11) is 1.60. The van der Waals surface area contributed by atoms with Crippen molar-refractivity contribution in [2.45, 2.75) is 25.4 Å². The Balaban J connectivity index is 2.22. The third kappa shape index (κ3) is 1.87. The molecule has 0 radical (unpaired) electrons. The summed E-state index contributed by atoms with van der Waals surface area (Å²) >= 11 is 0. The molecule has 4 nitrogen and oxygen atoms in total. The summed E-state index contributed by atoms with van der Waals surface area (Å²) < 4.78 is 7.38. The van der Waals surface area contributed by atoms with Gasteiger partial charge in [-0.15, -0.1) is 0 Å². The zero-order chi connectivity index (χ0) is 14.1. The Morgan fingerprint density at radius 1 is 1.40 bits per heavy atom.